The molecule has 2 aliphatic rings. The third-order valence-corrected chi connectivity index (χ3v) is 4.14. The summed E-state index contributed by atoms with van der Waals surface area (Å²) in [5, 5.41) is 9.57. The summed E-state index contributed by atoms with van der Waals surface area (Å²) in [5.74, 6) is 0.566. The number of likely N-dealkylation sites (tertiary alicyclic amines) is 2. The van der Waals surface area contributed by atoms with Gasteiger partial charge in [0.05, 0.1) is 12.1 Å². The van der Waals surface area contributed by atoms with Crippen molar-refractivity contribution in [3.8, 4) is 0 Å². The van der Waals surface area contributed by atoms with Gasteiger partial charge in [0.15, 0.2) is 0 Å². The van der Waals surface area contributed by atoms with Crippen molar-refractivity contribution >= 4 is 5.91 Å². The Hall–Kier alpha value is -0.610. The third-order valence-electron chi connectivity index (χ3n) is 4.14. The molecule has 2 fully saturated rings. The molecule has 1 N–H and O–H groups in total. The van der Waals surface area contributed by atoms with Crippen molar-refractivity contribution in [2.24, 2.45) is 5.92 Å². The van der Waals surface area contributed by atoms with Crippen LogP contribution in [0.5, 0.6) is 0 Å². The zero-order chi connectivity index (χ0) is 13.1. The highest BCUT2D eigenvalue weighted by atomic mass is 16.3. The molecule has 0 aromatic carbocycles. The Morgan fingerprint density at radius 3 is 2.33 bits per heavy atom. The van der Waals surface area contributed by atoms with Crippen molar-refractivity contribution in [3.05, 3.63) is 0 Å². The van der Waals surface area contributed by atoms with Crippen LogP contribution in [0.2, 0.25) is 0 Å². The summed E-state index contributed by atoms with van der Waals surface area (Å²) < 4.78 is 0. The summed E-state index contributed by atoms with van der Waals surface area (Å²) in [4.78, 5) is 16.8. The fourth-order valence-electron chi connectivity index (χ4n) is 3.19. The van der Waals surface area contributed by atoms with Gasteiger partial charge in [-0.2, -0.15) is 0 Å². The molecule has 2 rings (SSSR count). The molecule has 4 heteroatoms. The number of piperidine rings is 1. The molecular weight excluding hydrogens is 228 g/mol. The molecule has 0 aromatic heterocycles. The quantitative estimate of drug-likeness (QED) is 0.820. The number of nitrogens with zero attached hydrogens (tertiary/aromatic N) is 2. The molecular formula is C14H26N2O2. The second kappa shape index (κ2) is 6.02. The molecule has 0 aromatic rings. The van der Waals surface area contributed by atoms with E-state index in [4.69, 9.17) is 0 Å². The van der Waals surface area contributed by atoms with Crippen LogP contribution in [0.3, 0.4) is 0 Å². The number of aliphatic hydroxyl groups excluding tert-OH is 1. The van der Waals surface area contributed by atoms with Gasteiger partial charge >= 0.3 is 0 Å². The summed E-state index contributed by atoms with van der Waals surface area (Å²) >= 11 is 0. The Morgan fingerprint density at radius 1 is 1.17 bits per heavy atom. The standard InChI is InChI=1S/C14H26N2O2/c1-11(2)13(15-7-4-3-5-8-15)14(18)16-9-6-12(17)10-16/h11-13,17H,3-10H2,1-2H3/t12-,13?/m0/s1. The van der Waals surface area contributed by atoms with E-state index in [1.807, 2.05) is 4.90 Å². The van der Waals surface area contributed by atoms with Crippen molar-refractivity contribution in [1.29, 1.82) is 0 Å². The fourth-order valence-corrected chi connectivity index (χ4v) is 3.19. The van der Waals surface area contributed by atoms with Crippen LogP contribution in [0.4, 0.5) is 0 Å². The normalized spacial score (nSPS) is 27.8. The number of amides is 1. The maximum Gasteiger partial charge on any atom is 0.240 e. The van der Waals surface area contributed by atoms with Gasteiger partial charge in [0, 0.05) is 13.1 Å². The van der Waals surface area contributed by atoms with Crippen molar-refractivity contribution < 1.29 is 9.90 Å². The number of hydrogen-bond donors (Lipinski definition) is 1. The van der Waals surface area contributed by atoms with Gasteiger partial charge in [-0.05, 0) is 38.3 Å². The predicted octanol–water partition coefficient (Wildman–Crippen LogP) is 1.09. The molecule has 2 saturated heterocycles. The molecule has 4 nitrogen and oxygen atoms in total. The minimum absolute atomic E-state index is 0.00981. The van der Waals surface area contributed by atoms with Gasteiger partial charge in [0.25, 0.3) is 0 Å². The smallest absolute Gasteiger partial charge is 0.240 e. The molecule has 0 radical (unpaired) electrons. The summed E-state index contributed by atoms with van der Waals surface area (Å²) in [6, 6.07) is 0.00981. The molecule has 0 spiro atoms. The van der Waals surface area contributed by atoms with Crippen molar-refractivity contribution in [2.75, 3.05) is 26.2 Å². The minimum Gasteiger partial charge on any atom is -0.391 e. The van der Waals surface area contributed by atoms with Crippen LogP contribution in [-0.2, 0) is 4.79 Å². The van der Waals surface area contributed by atoms with E-state index in [-0.39, 0.29) is 18.1 Å². The highest BCUT2D eigenvalue weighted by Gasteiger charge is 2.35. The number of hydrogen-bond acceptors (Lipinski definition) is 3. The largest absolute Gasteiger partial charge is 0.391 e. The molecule has 1 unspecified atom stereocenters. The first kappa shape index (κ1) is 13.8. The van der Waals surface area contributed by atoms with E-state index in [0.717, 1.165) is 26.1 Å². The predicted molar refractivity (Wildman–Crippen MR) is 71.3 cm³/mol. The van der Waals surface area contributed by atoms with E-state index in [2.05, 4.69) is 18.7 Å². The fraction of sp³-hybridized carbons (Fsp3) is 0.929. The first-order valence-electron chi connectivity index (χ1n) is 7.30. The molecule has 18 heavy (non-hydrogen) atoms. The summed E-state index contributed by atoms with van der Waals surface area (Å²) in [6.45, 7) is 7.59. The van der Waals surface area contributed by atoms with Gasteiger partial charge in [-0.15, -0.1) is 0 Å². The van der Waals surface area contributed by atoms with Crippen molar-refractivity contribution in [2.45, 2.75) is 51.7 Å². The van der Waals surface area contributed by atoms with E-state index in [1.165, 1.54) is 19.3 Å². The molecule has 0 bridgehead atoms. The lowest BCUT2D eigenvalue weighted by atomic mass is 9.98. The summed E-state index contributed by atoms with van der Waals surface area (Å²) in [5.41, 5.74) is 0. The second-order valence-corrected chi connectivity index (χ2v) is 6.01. The Bertz CT molecular complexity index is 288. The lowest BCUT2D eigenvalue weighted by Crippen LogP contribution is -2.52. The van der Waals surface area contributed by atoms with Crippen LogP contribution in [0.1, 0.15) is 39.5 Å². The Labute approximate surface area is 110 Å². The maximum atomic E-state index is 12.6. The van der Waals surface area contributed by atoms with E-state index >= 15 is 0 Å². The molecule has 0 saturated carbocycles. The lowest BCUT2D eigenvalue weighted by molar-refractivity contribution is -0.138. The molecule has 2 heterocycles. The second-order valence-electron chi connectivity index (χ2n) is 6.01. The van der Waals surface area contributed by atoms with Crippen LogP contribution >= 0.6 is 0 Å². The SMILES string of the molecule is CC(C)C(C(=O)N1CC[C@H](O)C1)N1CCCCC1. The number of aliphatic hydroxyl groups is 1. The number of β-amino-alcohol motifs (C(OH)–C–C–N with tert-alkyl or cyclic N) is 1. The average molecular weight is 254 g/mol. The Kier molecular flexibility index (Phi) is 4.62. The third kappa shape index (κ3) is 3.04. The summed E-state index contributed by atoms with van der Waals surface area (Å²) in [7, 11) is 0. The topological polar surface area (TPSA) is 43.8 Å². The molecule has 104 valence electrons. The summed E-state index contributed by atoms with van der Waals surface area (Å²) in [6.07, 6.45) is 4.12. The molecule has 2 atom stereocenters. The van der Waals surface area contributed by atoms with Crippen LogP contribution < -0.4 is 0 Å². The van der Waals surface area contributed by atoms with Gasteiger partial charge in [-0.1, -0.05) is 20.3 Å². The average Bonchev–Trinajstić information content (AvgIpc) is 2.77. The van der Waals surface area contributed by atoms with Crippen LogP contribution in [0.15, 0.2) is 0 Å². The highest BCUT2D eigenvalue weighted by Crippen LogP contribution is 2.21. The van der Waals surface area contributed by atoms with Gasteiger partial charge < -0.3 is 10.0 Å². The Morgan fingerprint density at radius 2 is 1.83 bits per heavy atom. The van der Waals surface area contributed by atoms with Crippen molar-refractivity contribution in [1.82, 2.24) is 9.80 Å². The molecule has 0 aliphatic carbocycles. The highest BCUT2D eigenvalue weighted by molar-refractivity contribution is 5.82. The zero-order valence-corrected chi connectivity index (χ0v) is 11.6. The van der Waals surface area contributed by atoms with Crippen LogP contribution in [0, 0.1) is 5.92 Å². The monoisotopic (exact) mass is 254 g/mol. The Balaban J connectivity index is 2.02. The minimum atomic E-state index is -0.317. The first-order chi connectivity index (χ1) is 8.59. The van der Waals surface area contributed by atoms with E-state index in [9.17, 15) is 9.90 Å². The zero-order valence-electron chi connectivity index (χ0n) is 11.6. The molecule has 1 amide bonds. The van der Waals surface area contributed by atoms with Gasteiger partial charge in [-0.25, -0.2) is 0 Å². The molecule has 2 aliphatic heterocycles. The lowest BCUT2D eigenvalue weighted by Gasteiger charge is -2.37. The van der Waals surface area contributed by atoms with Gasteiger partial charge in [0.1, 0.15) is 0 Å². The first-order valence-corrected chi connectivity index (χ1v) is 7.30. The van der Waals surface area contributed by atoms with Gasteiger partial charge in [0.2, 0.25) is 5.91 Å². The van der Waals surface area contributed by atoms with E-state index in [1.54, 1.807) is 0 Å². The maximum absolute atomic E-state index is 12.6. The number of carbonyl (C=O) groups is 1. The van der Waals surface area contributed by atoms with Crippen LogP contribution in [0.25, 0.3) is 0 Å². The number of carbonyl (C=O) groups excluding carboxylic acids is 1. The van der Waals surface area contributed by atoms with Crippen LogP contribution in [-0.4, -0.2) is 59.1 Å². The van der Waals surface area contributed by atoms with Gasteiger partial charge in [-0.3, -0.25) is 9.69 Å². The van der Waals surface area contributed by atoms with Crippen molar-refractivity contribution in [3.63, 3.8) is 0 Å². The number of rotatable bonds is 3. The van der Waals surface area contributed by atoms with E-state index < -0.39 is 0 Å². The van der Waals surface area contributed by atoms with E-state index in [0.29, 0.717) is 12.5 Å².